The van der Waals surface area contributed by atoms with Crippen molar-refractivity contribution < 1.29 is 31.4 Å². The third kappa shape index (κ3) is 6.94. The number of sulfonamides is 2. The molecule has 0 aliphatic carbocycles. The van der Waals surface area contributed by atoms with Crippen LogP contribution in [-0.4, -0.2) is 76.6 Å². The summed E-state index contributed by atoms with van der Waals surface area (Å²) in [6.45, 7) is 7.17. The molecule has 1 aliphatic heterocycles. The molecule has 0 saturated carbocycles. The van der Waals surface area contributed by atoms with Gasteiger partial charge in [-0.3, -0.25) is 0 Å². The van der Waals surface area contributed by atoms with Crippen LogP contribution in [0, 0.1) is 23.7 Å². The number of para-hydroxylation sites is 1. The molecule has 39 heavy (non-hydrogen) atoms. The summed E-state index contributed by atoms with van der Waals surface area (Å²) in [5.74, 6) is 6.44. The largest absolute Gasteiger partial charge is 0.495 e. The lowest BCUT2D eigenvalue weighted by molar-refractivity contribution is 0.0904. The Hall–Kier alpha value is -2.62. The third-order valence-corrected chi connectivity index (χ3v) is 10.5. The molecule has 0 unspecified atom stereocenters. The summed E-state index contributed by atoms with van der Waals surface area (Å²) in [6, 6.07) is 10.3. The van der Waals surface area contributed by atoms with Crippen LogP contribution in [0.2, 0.25) is 0 Å². The molecule has 1 heterocycles. The number of aliphatic hydroxyl groups is 1. The van der Waals surface area contributed by atoms with Gasteiger partial charge >= 0.3 is 0 Å². The molecule has 0 fully saturated rings. The molecule has 3 atom stereocenters. The van der Waals surface area contributed by atoms with Gasteiger partial charge in [0.1, 0.15) is 27.4 Å². The predicted molar refractivity (Wildman–Crippen MR) is 150 cm³/mol. The molecule has 2 aromatic carbocycles. The van der Waals surface area contributed by atoms with Gasteiger partial charge in [0.2, 0.25) is 20.0 Å². The highest BCUT2D eigenvalue weighted by Crippen LogP contribution is 2.35. The SMILES string of the molecule is COc1ccccc1S(=O)(=O)N(C)C[C@@H]1Oc2cc(C#CCC(C)C)ccc2S(=O)(=O)N([C@@H](C)CO)C[C@@H]1C. The van der Waals surface area contributed by atoms with Crippen molar-refractivity contribution in [2.24, 2.45) is 11.8 Å². The van der Waals surface area contributed by atoms with Gasteiger partial charge in [0.15, 0.2) is 0 Å². The lowest BCUT2D eigenvalue weighted by atomic mass is 10.0. The summed E-state index contributed by atoms with van der Waals surface area (Å²) in [5.41, 5.74) is 0.591. The van der Waals surface area contributed by atoms with Crippen molar-refractivity contribution in [1.29, 1.82) is 0 Å². The average molecular weight is 579 g/mol. The van der Waals surface area contributed by atoms with E-state index in [4.69, 9.17) is 9.47 Å². The highest BCUT2D eigenvalue weighted by Gasteiger charge is 2.39. The monoisotopic (exact) mass is 578 g/mol. The van der Waals surface area contributed by atoms with Crippen LogP contribution in [0.25, 0.3) is 0 Å². The van der Waals surface area contributed by atoms with Crippen LogP contribution in [0.3, 0.4) is 0 Å². The lowest BCUT2D eigenvalue weighted by Gasteiger charge is -2.37. The van der Waals surface area contributed by atoms with Gasteiger partial charge in [0.05, 0.1) is 20.3 Å². The third-order valence-electron chi connectivity index (χ3n) is 6.60. The molecule has 1 aliphatic rings. The number of hydrogen-bond acceptors (Lipinski definition) is 7. The molecule has 0 aromatic heterocycles. The van der Waals surface area contributed by atoms with Gasteiger partial charge in [-0.15, -0.1) is 0 Å². The summed E-state index contributed by atoms with van der Waals surface area (Å²) >= 11 is 0. The van der Waals surface area contributed by atoms with Crippen molar-refractivity contribution in [2.45, 2.75) is 56.1 Å². The Morgan fingerprint density at radius 1 is 1.21 bits per heavy atom. The average Bonchev–Trinajstić information content (AvgIpc) is 2.89. The molecule has 0 amide bonds. The number of benzene rings is 2. The number of hydrogen-bond donors (Lipinski definition) is 1. The molecule has 3 rings (SSSR count). The molecule has 9 nitrogen and oxygen atoms in total. The molecule has 0 radical (unpaired) electrons. The smallest absolute Gasteiger partial charge is 0.247 e. The maximum absolute atomic E-state index is 13.7. The van der Waals surface area contributed by atoms with Crippen LogP contribution in [0.15, 0.2) is 52.3 Å². The van der Waals surface area contributed by atoms with Gasteiger partial charge in [-0.2, -0.15) is 8.61 Å². The van der Waals surface area contributed by atoms with E-state index >= 15 is 0 Å². The second-order valence-electron chi connectivity index (χ2n) is 10.2. The molecule has 2 aromatic rings. The Morgan fingerprint density at radius 2 is 1.90 bits per heavy atom. The molecular formula is C28H38N2O7S2. The Morgan fingerprint density at radius 3 is 2.54 bits per heavy atom. The van der Waals surface area contributed by atoms with E-state index in [1.807, 2.05) is 0 Å². The molecule has 0 spiro atoms. The van der Waals surface area contributed by atoms with Gasteiger partial charge in [0, 0.05) is 37.5 Å². The molecule has 11 heteroatoms. The Kier molecular flexibility index (Phi) is 10.1. The fourth-order valence-corrected chi connectivity index (χ4v) is 7.39. The standard InChI is InChI=1S/C28H38N2O7S2/c1-20(2)10-9-11-23-14-15-28-25(16-23)37-26(21(3)17-30(22(4)19-31)39(28,34)35)18-29(5)38(32,33)27-13-8-7-12-24(27)36-6/h7-8,12-16,20-22,26,31H,10,17-19H2,1-6H3/t21-,22-,26-/m0/s1. The predicted octanol–water partition coefficient (Wildman–Crippen LogP) is 3.18. The number of methoxy groups -OCH3 is 1. The maximum atomic E-state index is 13.7. The fraction of sp³-hybridized carbons (Fsp3) is 0.500. The maximum Gasteiger partial charge on any atom is 0.247 e. The van der Waals surface area contributed by atoms with Gasteiger partial charge in [-0.05, 0) is 43.2 Å². The Balaban J connectivity index is 2.06. The van der Waals surface area contributed by atoms with Crippen LogP contribution >= 0.6 is 0 Å². The quantitative estimate of drug-likeness (QED) is 0.479. The van der Waals surface area contributed by atoms with E-state index in [0.717, 1.165) is 0 Å². The van der Waals surface area contributed by atoms with Gasteiger partial charge < -0.3 is 14.6 Å². The Labute approximate surface area is 232 Å². The first-order valence-electron chi connectivity index (χ1n) is 12.8. The van der Waals surface area contributed by atoms with Crippen molar-refractivity contribution in [3.8, 4) is 23.3 Å². The number of likely N-dealkylation sites (N-methyl/N-ethyl adjacent to an activating group) is 1. The van der Waals surface area contributed by atoms with Crippen LogP contribution in [0.5, 0.6) is 11.5 Å². The number of ether oxygens (including phenoxy) is 2. The van der Waals surface area contributed by atoms with E-state index in [9.17, 15) is 21.9 Å². The second kappa shape index (κ2) is 12.7. The summed E-state index contributed by atoms with van der Waals surface area (Å²) < 4.78 is 68.3. The van der Waals surface area contributed by atoms with Crippen LogP contribution in [0.1, 0.15) is 39.7 Å². The highest BCUT2D eigenvalue weighted by molar-refractivity contribution is 7.89. The minimum Gasteiger partial charge on any atom is -0.495 e. The van der Waals surface area contributed by atoms with Crippen LogP contribution < -0.4 is 9.47 Å². The highest BCUT2D eigenvalue weighted by atomic mass is 32.2. The van der Waals surface area contributed by atoms with E-state index in [-0.39, 0.29) is 41.0 Å². The van der Waals surface area contributed by atoms with Crippen molar-refractivity contribution in [2.75, 3.05) is 33.9 Å². The first-order chi connectivity index (χ1) is 18.3. The molecule has 0 saturated heterocycles. The Bertz CT molecular complexity index is 1430. The summed E-state index contributed by atoms with van der Waals surface area (Å²) in [5, 5.41) is 9.84. The van der Waals surface area contributed by atoms with Crippen molar-refractivity contribution in [3.05, 3.63) is 48.0 Å². The topological polar surface area (TPSA) is 113 Å². The molecule has 0 bridgehead atoms. The molecule has 214 valence electrons. The van der Waals surface area contributed by atoms with Crippen molar-refractivity contribution in [3.63, 3.8) is 0 Å². The first-order valence-corrected chi connectivity index (χ1v) is 15.7. The van der Waals surface area contributed by atoms with Crippen LogP contribution in [0.4, 0.5) is 0 Å². The van der Waals surface area contributed by atoms with E-state index in [1.165, 1.54) is 34.9 Å². The first kappa shape index (κ1) is 30.9. The minimum atomic E-state index is -4.02. The zero-order valence-electron chi connectivity index (χ0n) is 23.3. The fourth-order valence-electron chi connectivity index (χ4n) is 4.23. The van der Waals surface area contributed by atoms with E-state index in [2.05, 4.69) is 25.7 Å². The van der Waals surface area contributed by atoms with E-state index in [0.29, 0.717) is 17.9 Å². The van der Waals surface area contributed by atoms with Crippen LogP contribution in [-0.2, 0) is 20.0 Å². The lowest BCUT2D eigenvalue weighted by Crippen LogP contribution is -2.50. The molecule has 1 N–H and O–H groups in total. The second-order valence-corrected chi connectivity index (χ2v) is 14.1. The number of nitrogens with zero attached hydrogens (tertiary/aromatic N) is 2. The van der Waals surface area contributed by atoms with E-state index < -0.39 is 38.1 Å². The molecular weight excluding hydrogens is 540 g/mol. The number of rotatable bonds is 8. The number of fused-ring (bicyclic) bond motifs is 1. The van der Waals surface area contributed by atoms with E-state index in [1.54, 1.807) is 44.2 Å². The zero-order chi connectivity index (χ0) is 29.0. The normalized spacial score (nSPS) is 20.2. The van der Waals surface area contributed by atoms with Gasteiger partial charge in [0.25, 0.3) is 0 Å². The van der Waals surface area contributed by atoms with Crippen molar-refractivity contribution >= 4 is 20.0 Å². The number of aliphatic hydroxyl groups excluding tert-OH is 1. The van der Waals surface area contributed by atoms with Crippen molar-refractivity contribution in [1.82, 2.24) is 8.61 Å². The summed E-state index contributed by atoms with van der Waals surface area (Å²) in [6.07, 6.45) is -0.0236. The minimum absolute atomic E-state index is 0.0229. The van der Waals surface area contributed by atoms with Gasteiger partial charge in [-0.1, -0.05) is 44.7 Å². The van der Waals surface area contributed by atoms with Gasteiger partial charge in [-0.25, -0.2) is 16.8 Å². The zero-order valence-corrected chi connectivity index (χ0v) is 24.9. The summed E-state index contributed by atoms with van der Waals surface area (Å²) in [7, 11) is -5.11. The summed E-state index contributed by atoms with van der Waals surface area (Å²) in [4.78, 5) is -0.0286.